The Hall–Kier alpha value is -2.79. The first-order chi connectivity index (χ1) is 13.7. The highest BCUT2D eigenvalue weighted by molar-refractivity contribution is 5.96. The molecular weight excluding hydrogens is 350 g/mol. The molecule has 2 aromatic heterocycles. The van der Waals surface area contributed by atoms with Crippen LogP contribution in [0.25, 0.3) is 10.9 Å². The minimum Gasteiger partial charge on any atom is -0.391 e. The largest absolute Gasteiger partial charge is 0.391 e. The highest BCUT2D eigenvalue weighted by atomic mass is 16.3. The highest BCUT2D eigenvalue weighted by Gasteiger charge is 2.14. The number of hydrogen-bond donors (Lipinski definition) is 2. The first kappa shape index (κ1) is 20.0. The second kappa shape index (κ2) is 9.95. The maximum absolute atomic E-state index is 12.6. The number of carbonyl (C=O) groups is 1. The van der Waals surface area contributed by atoms with E-state index in [0.29, 0.717) is 18.5 Å². The molecule has 3 rings (SSSR count). The van der Waals surface area contributed by atoms with Crippen molar-refractivity contribution in [1.82, 2.24) is 15.3 Å². The predicted octanol–water partition coefficient (Wildman–Crippen LogP) is 3.89. The van der Waals surface area contributed by atoms with Gasteiger partial charge in [-0.25, -0.2) is 4.98 Å². The van der Waals surface area contributed by atoms with E-state index in [1.165, 1.54) is 0 Å². The summed E-state index contributed by atoms with van der Waals surface area (Å²) in [5.41, 5.74) is 3.28. The van der Waals surface area contributed by atoms with Crippen LogP contribution in [0.4, 0.5) is 0 Å². The lowest BCUT2D eigenvalue weighted by atomic mass is 10.0. The molecule has 5 nitrogen and oxygen atoms in total. The van der Waals surface area contributed by atoms with Gasteiger partial charge in [-0.3, -0.25) is 9.78 Å². The number of amides is 1. The van der Waals surface area contributed by atoms with Gasteiger partial charge in [-0.2, -0.15) is 0 Å². The van der Waals surface area contributed by atoms with E-state index in [2.05, 4.69) is 22.2 Å². The van der Waals surface area contributed by atoms with Gasteiger partial charge in [0.25, 0.3) is 5.91 Å². The summed E-state index contributed by atoms with van der Waals surface area (Å²) in [4.78, 5) is 21.3. The monoisotopic (exact) mass is 377 g/mol. The molecule has 2 heterocycles. The number of nitrogens with one attached hydrogen (secondary N) is 1. The number of aromatic nitrogens is 2. The fourth-order valence-electron chi connectivity index (χ4n) is 3.27. The molecule has 5 heteroatoms. The Labute approximate surface area is 165 Å². The number of unbranched alkanes of at least 4 members (excludes halogenated alkanes) is 2. The van der Waals surface area contributed by atoms with Crippen LogP contribution < -0.4 is 5.32 Å². The smallest absolute Gasteiger partial charge is 0.270 e. The van der Waals surface area contributed by atoms with Gasteiger partial charge < -0.3 is 10.4 Å². The molecule has 0 fully saturated rings. The average molecular weight is 377 g/mol. The number of aliphatic hydroxyl groups excluding tert-OH is 1. The number of carbonyl (C=O) groups excluding carboxylic acids is 1. The fourth-order valence-corrected chi connectivity index (χ4v) is 3.27. The molecular formula is C23H27N3O2. The molecule has 0 aliphatic carbocycles. The number of hydrogen-bond acceptors (Lipinski definition) is 4. The maximum atomic E-state index is 12.6. The third-order valence-corrected chi connectivity index (χ3v) is 4.79. The van der Waals surface area contributed by atoms with Crippen molar-refractivity contribution >= 4 is 16.8 Å². The van der Waals surface area contributed by atoms with E-state index in [1.54, 1.807) is 6.20 Å². The van der Waals surface area contributed by atoms with Gasteiger partial charge in [-0.05, 0) is 42.2 Å². The summed E-state index contributed by atoms with van der Waals surface area (Å²) in [5.74, 6) is -0.257. The Morgan fingerprint density at radius 3 is 2.82 bits per heavy atom. The topological polar surface area (TPSA) is 75.1 Å². The van der Waals surface area contributed by atoms with Crippen LogP contribution >= 0.6 is 0 Å². The molecule has 1 atom stereocenters. The van der Waals surface area contributed by atoms with E-state index in [1.807, 2.05) is 48.7 Å². The molecule has 28 heavy (non-hydrogen) atoms. The lowest BCUT2D eigenvalue weighted by molar-refractivity contribution is 0.0904. The van der Waals surface area contributed by atoms with Crippen LogP contribution in [0.5, 0.6) is 0 Å². The zero-order valence-electron chi connectivity index (χ0n) is 16.3. The average Bonchev–Trinajstić information content (AvgIpc) is 2.73. The lowest BCUT2D eigenvalue weighted by Crippen LogP contribution is -2.32. The molecule has 0 spiro atoms. The molecule has 2 N–H and O–H groups in total. The van der Waals surface area contributed by atoms with Crippen LogP contribution in [0.1, 0.15) is 54.2 Å². The van der Waals surface area contributed by atoms with Gasteiger partial charge >= 0.3 is 0 Å². The molecule has 0 bridgehead atoms. The minimum atomic E-state index is -0.522. The van der Waals surface area contributed by atoms with E-state index in [4.69, 9.17) is 0 Å². The van der Waals surface area contributed by atoms with Crippen molar-refractivity contribution in [3.05, 3.63) is 71.7 Å². The van der Waals surface area contributed by atoms with Crippen molar-refractivity contribution in [2.24, 2.45) is 0 Å². The first-order valence-corrected chi connectivity index (χ1v) is 9.91. The Balaban J connectivity index is 1.76. The van der Waals surface area contributed by atoms with Crippen LogP contribution in [0, 0.1) is 0 Å². The van der Waals surface area contributed by atoms with E-state index in [9.17, 15) is 9.90 Å². The highest BCUT2D eigenvalue weighted by Crippen LogP contribution is 2.21. The van der Waals surface area contributed by atoms with Gasteiger partial charge in [-0.15, -0.1) is 0 Å². The van der Waals surface area contributed by atoms with Crippen molar-refractivity contribution in [3.8, 4) is 0 Å². The Morgan fingerprint density at radius 2 is 2.04 bits per heavy atom. The summed E-state index contributed by atoms with van der Waals surface area (Å²) < 4.78 is 0. The number of aliphatic hydroxyl groups is 1. The van der Waals surface area contributed by atoms with Crippen LogP contribution in [0.2, 0.25) is 0 Å². The molecule has 0 radical (unpaired) electrons. The zero-order valence-corrected chi connectivity index (χ0v) is 16.3. The summed E-state index contributed by atoms with van der Waals surface area (Å²) >= 11 is 0. The maximum Gasteiger partial charge on any atom is 0.270 e. The summed E-state index contributed by atoms with van der Waals surface area (Å²) in [7, 11) is 0. The van der Waals surface area contributed by atoms with E-state index in [0.717, 1.165) is 41.3 Å². The normalized spacial score (nSPS) is 12.1. The van der Waals surface area contributed by atoms with Crippen molar-refractivity contribution in [2.45, 2.75) is 45.1 Å². The molecule has 0 saturated carbocycles. The Morgan fingerprint density at radius 1 is 1.18 bits per heavy atom. The molecule has 146 valence electrons. The summed E-state index contributed by atoms with van der Waals surface area (Å²) in [6.07, 6.45) is 7.61. The molecule has 0 unspecified atom stereocenters. The third kappa shape index (κ3) is 5.36. The van der Waals surface area contributed by atoms with Gasteiger partial charge in [0, 0.05) is 24.3 Å². The van der Waals surface area contributed by atoms with E-state index < -0.39 is 6.10 Å². The van der Waals surface area contributed by atoms with Gasteiger partial charge in [0.05, 0.1) is 11.6 Å². The zero-order chi connectivity index (χ0) is 19.8. The van der Waals surface area contributed by atoms with Gasteiger partial charge in [0.1, 0.15) is 5.69 Å². The second-order valence-electron chi connectivity index (χ2n) is 7.08. The molecule has 1 aromatic carbocycles. The Kier molecular flexibility index (Phi) is 7.09. The Bertz CT molecular complexity index is 912. The summed E-state index contributed by atoms with van der Waals surface area (Å²) in [5, 5.41) is 13.9. The van der Waals surface area contributed by atoms with Gasteiger partial charge in [-0.1, -0.05) is 50.5 Å². The fraction of sp³-hybridized carbons (Fsp3) is 0.348. The second-order valence-corrected chi connectivity index (χ2v) is 7.08. The SMILES string of the molecule is CCCCC[C@H](O)CNC(=O)c1cc(Cc2cccnc2)c2ccccc2n1. The van der Waals surface area contributed by atoms with Crippen LogP contribution in [0.3, 0.4) is 0 Å². The minimum absolute atomic E-state index is 0.245. The third-order valence-electron chi connectivity index (χ3n) is 4.79. The first-order valence-electron chi connectivity index (χ1n) is 9.91. The lowest BCUT2D eigenvalue weighted by Gasteiger charge is -2.13. The molecule has 0 aliphatic rings. The van der Waals surface area contributed by atoms with Crippen molar-refractivity contribution < 1.29 is 9.90 Å². The van der Waals surface area contributed by atoms with Crippen molar-refractivity contribution in [3.63, 3.8) is 0 Å². The van der Waals surface area contributed by atoms with Crippen LogP contribution in [-0.4, -0.2) is 33.6 Å². The predicted molar refractivity (Wildman–Crippen MR) is 111 cm³/mol. The summed E-state index contributed by atoms with van der Waals surface area (Å²) in [6.45, 7) is 2.37. The van der Waals surface area contributed by atoms with Crippen LogP contribution in [0.15, 0.2) is 54.9 Å². The number of benzene rings is 1. The van der Waals surface area contributed by atoms with E-state index in [-0.39, 0.29) is 12.5 Å². The quantitative estimate of drug-likeness (QED) is 0.555. The molecule has 1 amide bonds. The molecule has 3 aromatic rings. The number of fused-ring (bicyclic) bond motifs is 1. The van der Waals surface area contributed by atoms with Gasteiger partial charge in [0.15, 0.2) is 0 Å². The number of rotatable bonds is 9. The van der Waals surface area contributed by atoms with E-state index >= 15 is 0 Å². The van der Waals surface area contributed by atoms with Crippen LogP contribution in [-0.2, 0) is 6.42 Å². The number of nitrogens with zero attached hydrogens (tertiary/aromatic N) is 2. The van der Waals surface area contributed by atoms with Gasteiger partial charge in [0.2, 0.25) is 0 Å². The number of pyridine rings is 2. The summed E-state index contributed by atoms with van der Waals surface area (Å²) in [6, 6.07) is 13.6. The molecule has 0 aliphatic heterocycles. The standard InChI is InChI=1S/C23H27N3O2/c1-2-3-4-9-19(27)16-25-23(28)22-14-18(13-17-8-7-12-24-15-17)20-10-5-6-11-21(20)26-22/h5-8,10-12,14-15,19,27H,2-4,9,13,16H2,1H3,(H,25,28)/t19-/m0/s1. The number of para-hydroxylation sites is 1. The van der Waals surface area contributed by atoms with Crippen molar-refractivity contribution in [1.29, 1.82) is 0 Å². The van der Waals surface area contributed by atoms with Crippen molar-refractivity contribution in [2.75, 3.05) is 6.54 Å². The molecule has 0 saturated heterocycles.